The molecule has 1 aromatic rings. The van der Waals surface area contributed by atoms with Crippen LogP contribution in [0.15, 0.2) is 16.6 Å². The molecular weight excluding hydrogens is 334 g/mol. The molecule has 116 valence electrons. The maximum atomic E-state index is 11.0. The maximum Gasteiger partial charge on any atom is 0.273 e. The van der Waals surface area contributed by atoms with Crippen LogP contribution in [0.25, 0.3) is 0 Å². The van der Waals surface area contributed by atoms with E-state index in [1.54, 1.807) is 13.0 Å². The zero-order valence-corrected chi connectivity index (χ0v) is 14.1. The first-order valence-corrected chi connectivity index (χ1v) is 8.22. The van der Waals surface area contributed by atoms with Crippen molar-refractivity contribution in [3.8, 4) is 0 Å². The Kier molecular flexibility index (Phi) is 5.58. The monoisotopic (exact) mass is 355 g/mol. The highest BCUT2D eigenvalue weighted by atomic mass is 79.9. The number of benzene rings is 1. The van der Waals surface area contributed by atoms with Gasteiger partial charge in [0.1, 0.15) is 0 Å². The molecule has 0 saturated carbocycles. The average Bonchev–Trinajstić information content (AvgIpc) is 2.47. The molecule has 0 aliphatic carbocycles. The number of nitro benzene ring substituents is 1. The number of nitrogens with one attached hydrogen (secondary N) is 1. The van der Waals surface area contributed by atoms with Crippen LogP contribution in [0.3, 0.4) is 0 Å². The van der Waals surface area contributed by atoms with Crippen molar-refractivity contribution in [2.45, 2.75) is 26.7 Å². The van der Waals surface area contributed by atoms with Gasteiger partial charge in [0.15, 0.2) is 0 Å². The van der Waals surface area contributed by atoms with Gasteiger partial charge in [0.05, 0.1) is 10.6 Å². The van der Waals surface area contributed by atoms with E-state index in [9.17, 15) is 10.1 Å². The zero-order chi connectivity index (χ0) is 15.4. The van der Waals surface area contributed by atoms with E-state index >= 15 is 0 Å². The van der Waals surface area contributed by atoms with Crippen LogP contribution >= 0.6 is 15.9 Å². The summed E-state index contributed by atoms with van der Waals surface area (Å²) >= 11 is 3.50. The Morgan fingerprint density at radius 3 is 2.67 bits per heavy atom. The van der Waals surface area contributed by atoms with Crippen LogP contribution in [-0.2, 0) is 0 Å². The first kappa shape index (κ1) is 16.2. The molecule has 1 aliphatic heterocycles. The molecule has 1 saturated heterocycles. The molecule has 5 nitrogen and oxygen atoms in total. The Bertz CT molecular complexity index is 516. The average molecular weight is 356 g/mol. The molecular formula is C15H22BrN3O2. The van der Waals surface area contributed by atoms with Crippen LogP contribution in [0.1, 0.15) is 25.3 Å². The summed E-state index contributed by atoms with van der Waals surface area (Å²) in [5.41, 5.74) is 1.93. The zero-order valence-electron chi connectivity index (χ0n) is 12.6. The van der Waals surface area contributed by atoms with Crippen molar-refractivity contribution < 1.29 is 4.92 Å². The van der Waals surface area contributed by atoms with Crippen LogP contribution in [0.5, 0.6) is 0 Å². The summed E-state index contributed by atoms with van der Waals surface area (Å²) in [6.45, 7) is 8.01. The molecule has 21 heavy (non-hydrogen) atoms. The van der Waals surface area contributed by atoms with Crippen molar-refractivity contribution in [3.63, 3.8) is 0 Å². The highest BCUT2D eigenvalue weighted by Gasteiger charge is 2.20. The number of halogens is 1. The van der Waals surface area contributed by atoms with Gasteiger partial charge in [-0.15, -0.1) is 0 Å². The third kappa shape index (κ3) is 3.95. The SMILES string of the molecule is CCN(CC1CCNCC1)c1cc(C)c([N+](=O)[O-])cc1Br. The van der Waals surface area contributed by atoms with E-state index < -0.39 is 0 Å². The lowest BCUT2D eigenvalue weighted by Gasteiger charge is -2.31. The number of nitro groups is 1. The van der Waals surface area contributed by atoms with E-state index in [0.29, 0.717) is 11.5 Å². The Balaban J connectivity index is 2.21. The van der Waals surface area contributed by atoms with Crippen molar-refractivity contribution >= 4 is 27.3 Å². The van der Waals surface area contributed by atoms with Crippen LogP contribution in [0, 0.1) is 23.0 Å². The number of hydrogen-bond acceptors (Lipinski definition) is 4. The van der Waals surface area contributed by atoms with Crippen LogP contribution in [0.4, 0.5) is 11.4 Å². The highest BCUT2D eigenvalue weighted by Crippen LogP contribution is 2.34. The van der Waals surface area contributed by atoms with E-state index in [4.69, 9.17) is 0 Å². The third-order valence-electron chi connectivity index (χ3n) is 4.12. The van der Waals surface area contributed by atoms with Crippen molar-refractivity contribution in [1.82, 2.24) is 5.32 Å². The minimum Gasteiger partial charge on any atom is -0.371 e. The quantitative estimate of drug-likeness (QED) is 0.648. The van der Waals surface area contributed by atoms with Crippen LogP contribution < -0.4 is 10.2 Å². The molecule has 1 aromatic carbocycles. The molecule has 1 N–H and O–H groups in total. The minimum atomic E-state index is -0.326. The molecule has 2 rings (SSSR count). The molecule has 0 aromatic heterocycles. The Hall–Kier alpha value is -1.14. The Morgan fingerprint density at radius 1 is 1.43 bits per heavy atom. The third-order valence-corrected chi connectivity index (χ3v) is 4.76. The topological polar surface area (TPSA) is 58.4 Å². The van der Waals surface area contributed by atoms with Crippen molar-refractivity contribution in [3.05, 3.63) is 32.3 Å². The van der Waals surface area contributed by atoms with Gasteiger partial charge in [0.2, 0.25) is 0 Å². The van der Waals surface area contributed by atoms with Gasteiger partial charge in [-0.25, -0.2) is 0 Å². The van der Waals surface area contributed by atoms with Gasteiger partial charge < -0.3 is 10.2 Å². The summed E-state index contributed by atoms with van der Waals surface area (Å²) in [4.78, 5) is 13.0. The Morgan fingerprint density at radius 2 is 2.10 bits per heavy atom. The summed E-state index contributed by atoms with van der Waals surface area (Å²) in [6, 6.07) is 3.54. The molecule has 1 fully saturated rings. The van der Waals surface area contributed by atoms with E-state index in [-0.39, 0.29) is 10.6 Å². The van der Waals surface area contributed by atoms with Crippen LogP contribution in [0.2, 0.25) is 0 Å². The van der Waals surface area contributed by atoms with Crippen molar-refractivity contribution in [2.75, 3.05) is 31.1 Å². The molecule has 0 bridgehead atoms. The van der Waals surface area contributed by atoms with E-state index in [1.807, 2.05) is 6.07 Å². The molecule has 0 unspecified atom stereocenters. The van der Waals surface area contributed by atoms with E-state index in [0.717, 1.165) is 36.3 Å². The first-order chi connectivity index (χ1) is 10.0. The highest BCUT2D eigenvalue weighted by molar-refractivity contribution is 9.10. The molecule has 0 spiro atoms. The summed E-state index contributed by atoms with van der Waals surface area (Å²) < 4.78 is 0.801. The second-order valence-electron chi connectivity index (χ2n) is 5.58. The number of aryl methyl sites for hydroxylation is 1. The molecule has 6 heteroatoms. The Labute approximate surface area is 134 Å². The van der Waals surface area contributed by atoms with Gasteiger partial charge in [-0.2, -0.15) is 0 Å². The predicted octanol–water partition coefficient (Wildman–Crippen LogP) is 3.49. The van der Waals surface area contributed by atoms with Gasteiger partial charge in [-0.3, -0.25) is 10.1 Å². The summed E-state index contributed by atoms with van der Waals surface area (Å²) in [6.07, 6.45) is 2.39. The lowest BCUT2D eigenvalue weighted by atomic mass is 9.97. The van der Waals surface area contributed by atoms with Crippen molar-refractivity contribution in [2.24, 2.45) is 5.92 Å². The number of anilines is 1. The van der Waals surface area contributed by atoms with Gasteiger partial charge in [0, 0.05) is 29.2 Å². The number of rotatable bonds is 5. The molecule has 0 radical (unpaired) electrons. The number of piperidine rings is 1. The normalized spacial score (nSPS) is 16.0. The van der Waals surface area contributed by atoms with Crippen LogP contribution in [-0.4, -0.2) is 31.1 Å². The van der Waals surface area contributed by atoms with Gasteiger partial charge in [-0.05, 0) is 67.7 Å². The summed E-state index contributed by atoms with van der Waals surface area (Å²) in [5, 5.41) is 14.4. The fourth-order valence-corrected chi connectivity index (χ4v) is 3.45. The van der Waals surface area contributed by atoms with Gasteiger partial charge >= 0.3 is 0 Å². The van der Waals surface area contributed by atoms with E-state index in [2.05, 4.69) is 33.1 Å². The fraction of sp³-hybridized carbons (Fsp3) is 0.600. The first-order valence-electron chi connectivity index (χ1n) is 7.43. The fourth-order valence-electron chi connectivity index (χ4n) is 2.87. The molecule has 1 heterocycles. The molecule has 0 atom stereocenters. The lowest BCUT2D eigenvalue weighted by molar-refractivity contribution is -0.385. The largest absolute Gasteiger partial charge is 0.371 e. The standard InChI is InChI=1S/C15H22BrN3O2/c1-3-18(10-12-4-6-17-7-5-12)15-8-11(2)14(19(20)21)9-13(15)16/h8-9,12,17H,3-7,10H2,1-2H3. The van der Waals surface area contributed by atoms with E-state index in [1.165, 1.54) is 12.8 Å². The lowest BCUT2D eigenvalue weighted by Crippen LogP contribution is -2.36. The smallest absolute Gasteiger partial charge is 0.273 e. The predicted molar refractivity (Wildman–Crippen MR) is 89.0 cm³/mol. The summed E-state index contributed by atoms with van der Waals surface area (Å²) in [7, 11) is 0. The van der Waals surface area contributed by atoms with Gasteiger partial charge in [-0.1, -0.05) is 0 Å². The molecule has 0 amide bonds. The van der Waals surface area contributed by atoms with Gasteiger partial charge in [0.25, 0.3) is 5.69 Å². The second-order valence-corrected chi connectivity index (χ2v) is 6.43. The van der Waals surface area contributed by atoms with Crippen molar-refractivity contribution in [1.29, 1.82) is 0 Å². The minimum absolute atomic E-state index is 0.170. The maximum absolute atomic E-state index is 11.0. The number of hydrogen-bond donors (Lipinski definition) is 1. The number of nitrogens with zero attached hydrogens (tertiary/aromatic N) is 2. The summed E-state index contributed by atoms with van der Waals surface area (Å²) in [5.74, 6) is 0.689. The second kappa shape index (κ2) is 7.22. The molecule has 1 aliphatic rings.